The average molecular weight is 754 g/mol. The van der Waals surface area contributed by atoms with Crippen molar-refractivity contribution in [2.45, 2.75) is 99.0 Å². The molecule has 15 nitrogen and oxygen atoms in total. The molecule has 0 aromatic heterocycles. The van der Waals surface area contributed by atoms with Crippen molar-refractivity contribution in [3.8, 4) is 0 Å². The standard InChI is InChI=1S/C21H36NO14.Ac/c1-3-4-31-19-10(22)18(36-20-15(29)13(27)11(25)7(2)32-20)17(9(6-24)34-19)35-21-16(30)14(28)12(26)8(5-23)33-21;/h3,7-30H,1,4-6H2,2H3;/q-1;/t7?,8?,9?,10?,11-,12-,13?,14?,15?,16?,17-,18?,19+,20-,21-;/m0./s1. The van der Waals surface area contributed by atoms with Crippen LogP contribution in [0.1, 0.15) is 6.92 Å². The Morgan fingerprint density at radius 1 is 0.730 bits per heavy atom. The third kappa shape index (κ3) is 7.46. The molecule has 0 aromatic rings. The van der Waals surface area contributed by atoms with Crippen LogP contribution in [0.4, 0.5) is 0 Å². The molecule has 3 heterocycles. The quantitative estimate of drug-likeness (QED) is 0.104. The number of hydrogen-bond donors (Lipinski definition) is 8. The van der Waals surface area contributed by atoms with Crippen LogP contribution in [0.2, 0.25) is 0 Å². The zero-order valence-corrected chi connectivity index (χ0v) is 24.9. The predicted molar refractivity (Wildman–Crippen MR) is 116 cm³/mol. The molecule has 9 N–H and O–H groups in total. The van der Waals surface area contributed by atoms with Crippen LogP contribution in [-0.4, -0.2) is 153 Å². The molecule has 0 amide bonds. The molecule has 213 valence electrons. The van der Waals surface area contributed by atoms with Gasteiger partial charge in [-0.2, -0.15) is 0 Å². The van der Waals surface area contributed by atoms with E-state index >= 15 is 0 Å². The third-order valence-electron chi connectivity index (χ3n) is 6.44. The molecule has 16 heteroatoms. The molecule has 0 spiro atoms. The van der Waals surface area contributed by atoms with Crippen molar-refractivity contribution in [2.24, 2.45) is 0 Å². The van der Waals surface area contributed by atoms with Crippen LogP contribution in [0, 0.1) is 44.1 Å². The summed E-state index contributed by atoms with van der Waals surface area (Å²) in [5.74, 6) is 0. The molecule has 0 saturated carbocycles. The van der Waals surface area contributed by atoms with Crippen LogP contribution in [0.5, 0.6) is 0 Å². The van der Waals surface area contributed by atoms with Crippen LogP contribution in [0.3, 0.4) is 0 Å². The molecular weight excluding hydrogens is 717 g/mol. The van der Waals surface area contributed by atoms with Crippen LogP contribution in [0.15, 0.2) is 12.7 Å². The summed E-state index contributed by atoms with van der Waals surface area (Å²) in [6.07, 6.45) is -19.3. The van der Waals surface area contributed by atoms with E-state index in [1.54, 1.807) is 0 Å². The van der Waals surface area contributed by atoms with Crippen LogP contribution in [0.25, 0.3) is 5.73 Å². The van der Waals surface area contributed by atoms with Gasteiger partial charge in [-0.05, 0) is 6.92 Å². The normalized spacial score (nSPS) is 48.8. The predicted octanol–water partition coefficient (Wildman–Crippen LogP) is -4.28. The van der Waals surface area contributed by atoms with Gasteiger partial charge < -0.3 is 75.0 Å². The van der Waals surface area contributed by atoms with Gasteiger partial charge in [-0.15, -0.1) is 6.58 Å². The Bertz CT molecular complexity index is 708. The minimum Gasteiger partial charge on any atom is -0.668 e. The van der Waals surface area contributed by atoms with Crippen molar-refractivity contribution in [3.63, 3.8) is 0 Å². The average Bonchev–Trinajstić information content (AvgIpc) is 2.87. The minimum absolute atomic E-state index is 0. The first kappa shape index (κ1) is 33.8. The second kappa shape index (κ2) is 15.0. The molecule has 0 aromatic carbocycles. The van der Waals surface area contributed by atoms with Crippen molar-refractivity contribution in [2.75, 3.05) is 19.8 Å². The Morgan fingerprint density at radius 2 is 1.24 bits per heavy atom. The van der Waals surface area contributed by atoms with Gasteiger partial charge in [0, 0.05) is 44.1 Å². The van der Waals surface area contributed by atoms with Gasteiger partial charge in [0.2, 0.25) is 0 Å². The van der Waals surface area contributed by atoms with Crippen LogP contribution < -0.4 is 0 Å². The molecule has 9 unspecified atom stereocenters. The Kier molecular flexibility index (Phi) is 13.7. The summed E-state index contributed by atoms with van der Waals surface area (Å²) in [6, 6.07) is -1.40. The summed E-state index contributed by atoms with van der Waals surface area (Å²) in [6.45, 7) is 3.54. The van der Waals surface area contributed by atoms with Crippen molar-refractivity contribution < 1.29 is 113 Å². The molecular formula is C21H36AcNO14-. The molecule has 3 aliphatic heterocycles. The molecule has 0 aliphatic carbocycles. The fourth-order valence-electron chi connectivity index (χ4n) is 4.30. The second-order valence-corrected chi connectivity index (χ2v) is 8.95. The monoisotopic (exact) mass is 753 g/mol. The number of hydrogen-bond acceptors (Lipinski definition) is 14. The molecule has 3 saturated heterocycles. The number of nitrogens with one attached hydrogen (secondary N) is 1. The van der Waals surface area contributed by atoms with E-state index in [-0.39, 0.29) is 50.7 Å². The van der Waals surface area contributed by atoms with E-state index < -0.39 is 105 Å². The fourth-order valence-corrected chi connectivity index (χ4v) is 4.30. The van der Waals surface area contributed by atoms with Crippen molar-refractivity contribution in [3.05, 3.63) is 18.4 Å². The van der Waals surface area contributed by atoms with Gasteiger partial charge in [0.15, 0.2) is 12.6 Å². The van der Waals surface area contributed by atoms with Crippen molar-refractivity contribution in [1.82, 2.24) is 0 Å². The fraction of sp³-hybridized carbons (Fsp3) is 0.905. The smallest absolute Gasteiger partial charge is 0.187 e. The Balaban J connectivity index is 0.00000481. The van der Waals surface area contributed by atoms with E-state index in [1.807, 2.05) is 0 Å². The van der Waals surface area contributed by atoms with Crippen LogP contribution >= 0.6 is 0 Å². The summed E-state index contributed by atoms with van der Waals surface area (Å²) < 4.78 is 33.6. The number of rotatable bonds is 9. The van der Waals surface area contributed by atoms with Crippen molar-refractivity contribution >= 4 is 0 Å². The van der Waals surface area contributed by atoms with Gasteiger partial charge in [-0.25, -0.2) is 0 Å². The Morgan fingerprint density at radius 3 is 1.81 bits per heavy atom. The summed E-state index contributed by atoms with van der Waals surface area (Å²) in [5.41, 5.74) is 8.65. The number of aliphatic hydroxyl groups is 8. The molecule has 37 heavy (non-hydrogen) atoms. The molecule has 15 atom stereocenters. The maximum absolute atomic E-state index is 10.4. The summed E-state index contributed by atoms with van der Waals surface area (Å²) in [5, 5.41) is 80.5. The maximum atomic E-state index is 10.4. The van der Waals surface area contributed by atoms with Crippen LogP contribution in [-0.2, 0) is 28.4 Å². The summed E-state index contributed by atoms with van der Waals surface area (Å²) in [7, 11) is 0. The van der Waals surface area contributed by atoms with E-state index in [0.717, 1.165) is 0 Å². The van der Waals surface area contributed by atoms with Gasteiger partial charge in [-0.3, -0.25) is 0 Å². The van der Waals surface area contributed by atoms with E-state index in [1.165, 1.54) is 13.0 Å². The molecule has 0 bridgehead atoms. The summed E-state index contributed by atoms with van der Waals surface area (Å²) in [4.78, 5) is 0. The minimum atomic E-state index is -1.80. The van der Waals surface area contributed by atoms with E-state index in [0.29, 0.717) is 0 Å². The zero-order valence-electron chi connectivity index (χ0n) is 20.2. The first-order valence-corrected chi connectivity index (χ1v) is 11.6. The topological polar surface area (TPSA) is 241 Å². The number of ether oxygens (including phenoxy) is 6. The largest absolute Gasteiger partial charge is 0.668 e. The van der Waals surface area contributed by atoms with E-state index in [4.69, 9.17) is 34.2 Å². The Hall–Kier alpha value is 0.582. The van der Waals surface area contributed by atoms with Gasteiger partial charge in [0.25, 0.3) is 0 Å². The maximum Gasteiger partial charge on any atom is 0.187 e. The zero-order chi connectivity index (χ0) is 26.7. The molecule has 3 aliphatic rings. The van der Waals surface area contributed by atoms with Gasteiger partial charge in [0.05, 0.1) is 32.0 Å². The molecule has 3 rings (SSSR count). The summed E-state index contributed by atoms with van der Waals surface area (Å²) >= 11 is 0. The van der Waals surface area contributed by atoms with Gasteiger partial charge >= 0.3 is 0 Å². The molecule has 1 radical (unpaired) electrons. The number of aliphatic hydroxyl groups excluding tert-OH is 8. The van der Waals surface area contributed by atoms with E-state index in [9.17, 15) is 40.9 Å². The van der Waals surface area contributed by atoms with Gasteiger partial charge in [0.1, 0.15) is 61.2 Å². The van der Waals surface area contributed by atoms with Crippen molar-refractivity contribution in [1.29, 1.82) is 0 Å². The van der Waals surface area contributed by atoms with E-state index in [2.05, 4.69) is 6.58 Å². The first-order chi connectivity index (χ1) is 17.0. The molecule has 3 fully saturated rings. The SMILES string of the molecule is C=CCO[C@@H]1OC(CO)[C@H](O[C@@H]2OC(CO)[C@H](O)C(O)C2O)C(O[C@@H]2OC(C)[C@H](O)C(O)C2O)C1[NH-].[Ac]. The third-order valence-corrected chi connectivity index (χ3v) is 6.44. The van der Waals surface area contributed by atoms with Gasteiger partial charge in [-0.1, -0.05) is 12.1 Å². The second-order valence-electron chi connectivity index (χ2n) is 8.95. The first-order valence-electron chi connectivity index (χ1n) is 11.6. The Labute approximate surface area is 249 Å².